The summed E-state index contributed by atoms with van der Waals surface area (Å²) < 4.78 is 10.8. The minimum Gasteiger partial charge on any atom is -0.490 e. The van der Waals surface area contributed by atoms with Crippen molar-refractivity contribution in [1.29, 1.82) is 0 Å². The minimum atomic E-state index is -0.583. The number of carbonyl (C=O) groups is 1. The Bertz CT molecular complexity index is 627. The van der Waals surface area contributed by atoms with E-state index in [0.717, 1.165) is 0 Å². The Balaban J connectivity index is 1.93. The van der Waals surface area contributed by atoms with E-state index in [1.54, 1.807) is 12.1 Å². The Labute approximate surface area is 121 Å². The van der Waals surface area contributed by atoms with E-state index in [1.807, 2.05) is 18.2 Å². The van der Waals surface area contributed by atoms with Gasteiger partial charge in [-0.05, 0) is 24.3 Å². The molecule has 0 heterocycles. The smallest absolute Gasteiger partial charge is 0.311 e. The van der Waals surface area contributed by atoms with Crippen molar-refractivity contribution in [3.63, 3.8) is 0 Å². The Morgan fingerprint density at radius 3 is 2.43 bits per heavy atom. The van der Waals surface area contributed by atoms with Crippen LogP contribution in [0.2, 0.25) is 0 Å². The maximum Gasteiger partial charge on any atom is 0.311 e. The third kappa shape index (κ3) is 4.04. The van der Waals surface area contributed by atoms with Crippen molar-refractivity contribution in [3.8, 4) is 11.5 Å². The number of hydrogen-bond donors (Lipinski definition) is 0. The predicted molar refractivity (Wildman–Crippen MR) is 75.9 cm³/mol. The van der Waals surface area contributed by atoms with Crippen LogP contribution in [-0.2, 0) is 0 Å². The molecule has 0 amide bonds. The maximum atomic E-state index is 10.9. The molecule has 0 fully saturated rings. The number of hydrogen-bond acceptors (Lipinski definition) is 5. The normalized spacial score (nSPS) is 9.90. The van der Waals surface area contributed by atoms with Gasteiger partial charge >= 0.3 is 5.69 Å². The first-order valence-corrected chi connectivity index (χ1v) is 6.25. The monoisotopic (exact) mass is 287 g/mol. The fourth-order valence-electron chi connectivity index (χ4n) is 1.70. The SMILES string of the molecule is O=Cc1ccc(OCCOc2ccccc2)c([N+](=O)[O-])c1. The van der Waals surface area contributed by atoms with Crippen LogP contribution in [0.3, 0.4) is 0 Å². The zero-order chi connectivity index (χ0) is 15.1. The summed E-state index contributed by atoms with van der Waals surface area (Å²) in [6, 6.07) is 13.2. The van der Waals surface area contributed by atoms with Gasteiger partial charge < -0.3 is 9.47 Å². The lowest BCUT2D eigenvalue weighted by Crippen LogP contribution is -2.10. The van der Waals surface area contributed by atoms with Gasteiger partial charge in [0.15, 0.2) is 5.75 Å². The Morgan fingerprint density at radius 1 is 1.05 bits per heavy atom. The van der Waals surface area contributed by atoms with E-state index in [1.165, 1.54) is 18.2 Å². The van der Waals surface area contributed by atoms with Crippen LogP contribution in [0.15, 0.2) is 48.5 Å². The van der Waals surface area contributed by atoms with Crippen LogP contribution < -0.4 is 9.47 Å². The van der Waals surface area contributed by atoms with Crippen LogP contribution in [0, 0.1) is 10.1 Å². The lowest BCUT2D eigenvalue weighted by Gasteiger charge is -2.08. The molecule has 0 aliphatic carbocycles. The molecule has 0 radical (unpaired) electrons. The third-order valence-electron chi connectivity index (χ3n) is 2.67. The van der Waals surface area contributed by atoms with Crippen LogP contribution in [0.5, 0.6) is 11.5 Å². The number of para-hydroxylation sites is 1. The van der Waals surface area contributed by atoms with E-state index in [9.17, 15) is 14.9 Å². The number of nitro groups is 1. The molecule has 0 N–H and O–H groups in total. The van der Waals surface area contributed by atoms with Gasteiger partial charge in [-0.15, -0.1) is 0 Å². The second kappa shape index (κ2) is 7.04. The number of rotatable bonds is 7. The minimum absolute atomic E-state index is 0.113. The van der Waals surface area contributed by atoms with Crippen molar-refractivity contribution in [2.75, 3.05) is 13.2 Å². The molecular formula is C15H13NO5. The standard InChI is InChI=1S/C15H13NO5/c17-11-12-6-7-15(14(10-12)16(18)19)21-9-8-20-13-4-2-1-3-5-13/h1-7,10-11H,8-9H2. The van der Waals surface area contributed by atoms with Crippen molar-refractivity contribution in [3.05, 3.63) is 64.2 Å². The zero-order valence-corrected chi connectivity index (χ0v) is 11.1. The van der Waals surface area contributed by atoms with Crippen molar-refractivity contribution >= 4 is 12.0 Å². The highest BCUT2D eigenvalue weighted by atomic mass is 16.6. The molecule has 0 saturated carbocycles. The second-order valence-electron chi connectivity index (χ2n) is 4.11. The van der Waals surface area contributed by atoms with E-state index >= 15 is 0 Å². The first-order valence-electron chi connectivity index (χ1n) is 6.25. The molecule has 0 unspecified atom stereocenters. The number of carbonyl (C=O) groups excluding carboxylic acids is 1. The molecule has 2 aromatic rings. The molecule has 0 bridgehead atoms. The molecule has 0 atom stereocenters. The Hall–Kier alpha value is -2.89. The van der Waals surface area contributed by atoms with Crippen LogP contribution in [0.1, 0.15) is 10.4 Å². The summed E-state index contributed by atoms with van der Waals surface area (Å²) in [7, 11) is 0. The fourth-order valence-corrected chi connectivity index (χ4v) is 1.70. The molecule has 0 spiro atoms. The van der Waals surface area contributed by atoms with Gasteiger partial charge in [0, 0.05) is 11.6 Å². The highest BCUT2D eigenvalue weighted by Crippen LogP contribution is 2.27. The number of benzene rings is 2. The summed E-state index contributed by atoms with van der Waals surface area (Å²) in [5.74, 6) is 0.814. The average molecular weight is 287 g/mol. The quantitative estimate of drug-likeness (QED) is 0.338. The molecule has 21 heavy (non-hydrogen) atoms. The summed E-state index contributed by atoms with van der Waals surface area (Å²) in [4.78, 5) is 21.0. The first-order chi connectivity index (χ1) is 10.2. The van der Waals surface area contributed by atoms with Crippen LogP contribution in [-0.4, -0.2) is 24.4 Å². The van der Waals surface area contributed by atoms with Crippen LogP contribution >= 0.6 is 0 Å². The van der Waals surface area contributed by atoms with E-state index in [4.69, 9.17) is 9.47 Å². The van der Waals surface area contributed by atoms with Gasteiger partial charge in [0.25, 0.3) is 0 Å². The van der Waals surface area contributed by atoms with E-state index in [2.05, 4.69) is 0 Å². The Kier molecular flexibility index (Phi) is 4.87. The van der Waals surface area contributed by atoms with E-state index in [-0.39, 0.29) is 30.2 Å². The van der Waals surface area contributed by atoms with Crippen LogP contribution in [0.25, 0.3) is 0 Å². The third-order valence-corrected chi connectivity index (χ3v) is 2.67. The fraction of sp³-hybridized carbons (Fsp3) is 0.133. The number of aldehydes is 1. The zero-order valence-electron chi connectivity index (χ0n) is 11.1. The predicted octanol–water partition coefficient (Wildman–Crippen LogP) is 2.87. The lowest BCUT2D eigenvalue weighted by molar-refractivity contribution is -0.385. The summed E-state index contributed by atoms with van der Waals surface area (Å²) in [5, 5.41) is 10.9. The van der Waals surface area contributed by atoms with E-state index < -0.39 is 4.92 Å². The summed E-state index contributed by atoms with van der Waals surface area (Å²) in [6.45, 7) is 0.423. The maximum absolute atomic E-state index is 10.9. The molecule has 6 nitrogen and oxygen atoms in total. The molecular weight excluding hydrogens is 274 g/mol. The molecule has 6 heteroatoms. The summed E-state index contributed by atoms with van der Waals surface area (Å²) in [6.07, 6.45) is 0.551. The highest BCUT2D eigenvalue weighted by molar-refractivity contribution is 5.77. The first kappa shape index (κ1) is 14.5. The largest absolute Gasteiger partial charge is 0.490 e. The topological polar surface area (TPSA) is 78.7 Å². The van der Waals surface area contributed by atoms with Gasteiger partial charge in [-0.25, -0.2) is 0 Å². The molecule has 0 aromatic heterocycles. The number of ether oxygens (including phenoxy) is 2. The summed E-state index contributed by atoms with van der Waals surface area (Å²) >= 11 is 0. The van der Waals surface area contributed by atoms with Gasteiger partial charge in [-0.1, -0.05) is 18.2 Å². The van der Waals surface area contributed by atoms with Crippen molar-refractivity contribution in [2.24, 2.45) is 0 Å². The van der Waals surface area contributed by atoms with Gasteiger partial charge in [0.1, 0.15) is 25.2 Å². The average Bonchev–Trinajstić information content (AvgIpc) is 2.52. The van der Waals surface area contributed by atoms with Crippen LogP contribution in [0.4, 0.5) is 5.69 Å². The van der Waals surface area contributed by atoms with Gasteiger partial charge in [0.05, 0.1) is 4.92 Å². The van der Waals surface area contributed by atoms with Crippen molar-refractivity contribution in [2.45, 2.75) is 0 Å². The number of nitro benzene ring substituents is 1. The molecule has 2 rings (SSSR count). The van der Waals surface area contributed by atoms with Crippen molar-refractivity contribution in [1.82, 2.24) is 0 Å². The molecule has 0 aliphatic rings. The molecule has 0 saturated heterocycles. The van der Waals surface area contributed by atoms with Gasteiger partial charge in [-0.2, -0.15) is 0 Å². The van der Waals surface area contributed by atoms with Gasteiger partial charge in [-0.3, -0.25) is 14.9 Å². The Morgan fingerprint density at radius 2 is 1.76 bits per heavy atom. The van der Waals surface area contributed by atoms with E-state index in [0.29, 0.717) is 12.0 Å². The van der Waals surface area contributed by atoms with Crippen molar-refractivity contribution < 1.29 is 19.2 Å². The second-order valence-corrected chi connectivity index (χ2v) is 4.11. The number of nitrogens with zero attached hydrogens (tertiary/aromatic N) is 1. The molecule has 0 aliphatic heterocycles. The lowest BCUT2D eigenvalue weighted by atomic mass is 10.2. The molecule has 108 valence electrons. The highest BCUT2D eigenvalue weighted by Gasteiger charge is 2.15. The molecule has 2 aromatic carbocycles. The summed E-state index contributed by atoms with van der Waals surface area (Å²) in [5.41, 5.74) is -0.00565. The van der Waals surface area contributed by atoms with Gasteiger partial charge in [0.2, 0.25) is 0 Å².